The van der Waals surface area contributed by atoms with Crippen molar-refractivity contribution in [2.45, 2.75) is 57.9 Å². The zero-order valence-electron chi connectivity index (χ0n) is 18.8. The Kier molecular flexibility index (Phi) is 7.10. The number of rotatable bonds is 5. The van der Waals surface area contributed by atoms with Crippen LogP contribution in [0.25, 0.3) is 11.1 Å². The summed E-state index contributed by atoms with van der Waals surface area (Å²) in [6.07, 6.45) is 1.86. The van der Waals surface area contributed by atoms with Crippen LogP contribution in [-0.4, -0.2) is 68.0 Å². The fourth-order valence-corrected chi connectivity index (χ4v) is 3.66. The highest BCUT2D eigenvalue weighted by Gasteiger charge is 2.41. The van der Waals surface area contributed by atoms with Crippen LogP contribution in [0.15, 0.2) is 36.8 Å². The molecule has 3 N–H and O–H groups in total. The number of aryl methyl sites for hydroxylation is 1. The minimum absolute atomic E-state index is 0.0178. The smallest absolute Gasteiger partial charge is 0.411 e. The molecule has 2 aromatic rings. The van der Waals surface area contributed by atoms with Crippen LogP contribution in [0.1, 0.15) is 44.5 Å². The number of hydrogen-bond donors (Lipinski definition) is 3. The number of hydrogen-bond acceptors (Lipinski definition) is 7. The van der Waals surface area contributed by atoms with Gasteiger partial charge in [-0.1, -0.05) is 24.3 Å². The molecular formula is C23H30N4O5. The van der Waals surface area contributed by atoms with E-state index in [1.54, 1.807) is 27.0 Å². The predicted molar refractivity (Wildman–Crippen MR) is 118 cm³/mol. The second-order valence-corrected chi connectivity index (χ2v) is 8.93. The summed E-state index contributed by atoms with van der Waals surface area (Å²) in [5, 5.41) is 22.7. The van der Waals surface area contributed by atoms with Crippen molar-refractivity contribution < 1.29 is 24.5 Å². The topological polar surface area (TPSA) is 125 Å². The van der Waals surface area contributed by atoms with Gasteiger partial charge in [-0.05, 0) is 38.8 Å². The van der Waals surface area contributed by atoms with Crippen LogP contribution in [0.3, 0.4) is 0 Å². The normalized spacial score (nSPS) is 19.5. The summed E-state index contributed by atoms with van der Waals surface area (Å²) in [5.41, 5.74) is 2.66. The molecule has 0 aliphatic carbocycles. The number of carbonyl (C=O) groups excluding carboxylic acids is 2. The molecule has 9 heteroatoms. The molecule has 0 unspecified atom stereocenters. The summed E-state index contributed by atoms with van der Waals surface area (Å²) < 4.78 is 5.37. The van der Waals surface area contributed by atoms with Gasteiger partial charge in [0.25, 0.3) is 0 Å². The number of aliphatic hydroxyl groups is 2. The van der Waals surface area contributed by atoms with Gasteiger partial charge in [0, 0.05) is 23.9 Å². The maximum Gasteiger partial charge on any atom is 0.411 e. The zero-order chi connectivity index (χ0) is 23.5. The minimum atomic E-state index is -0.878. The molecule has 1 aromatic heterocycles. The van der Waals surface area contributed by atoms with Gasteiger partial charge in [0.05, 0.1) is 25.3 Å². The number of benzene rings is 1. The summed E-state index contributed by atoms with van der Waals surface area (Å²) in [4.78, 5) is 34.9. The second kappa shape index (κ2) is 9.62. The summed E-state index contributed by atoms with van der Waals surface area (Å²) >= 11 is 0. The first-order valence-electron chi connectivity index (χ1n) is 10.5. The first-order valence-corrected chi connectivity index (χ1v) is 10.5. The van der Waals surface area contributed by atoms with E-state index >= 15 is 0 Å². The van der Waals surface area contributed by atoms with E-state index in [1.165, 1.54) is 11.2 Å². The molecule has 0 bridgehead atoms. The van der Waals surface area contributed by atoms with Crippen LogP contribution in [0, 0.1) is 6.92 Å². The average molecular weight is 443 g/mol. The van der Waals surface area contributed by atoms with Gasteiger partial charge in [-0.2, -0.15) is 0 Å². The molecule has 3 atom stereocenters. The van der Waals surface area contributed by atoms with Crippen LogP contribution in [0.5, 0.6) is 0 Å². The fraction of sp³-hybridized carbons (Fsp3) is 0.478. The highest BCUT2D eigenvalue weighted by atomic mass is 16.6. The van der Waals surface area contributed by atoms with E-state index in [0.29, 0.717) is 5.56 Å². The van der Waals surface area contributed by atoms with E-state index in [1.807, 2.05) is 31.2 Å². The second-order valence-electron chi connectivity index (χ2n) is 8.93. The third-order valence-corrected chi connectivity index (χ3v) is 5.24. The standard InChI is InChI=1S/C23H30N4O5/c1-14-18(10-24-13-25-14)15-5-7-16(8-6-15)19(12-28)26-21(30)20-9-17(29)11-27(20)22(31)32-23(2,3)4/h5-8,10,13,17,19-20,28-29H,9,11-12H2,1-4H3,(H,26,30)/t17-,19+,20+/m1/s1. The van der Waals surface area contributed by atoms with Crippen molar-refractivity contribution in [3.63, 3.8) is 0 Å². The van der Waals surface area contributed by atoms with Gasteiger partial charge in [0.15, 0.2) is 0 Å². The predicted octanol–water partition coefficient (Wildman–Crippen LogP) is 1.97. The lowest BCUT2D eigenvalue weighted by atomic mass is 10.0. The Balaban J connectivity index is 1.72. The van der Waals surface area contributed by atoms with E-state index in [4.69, 9.17) is 4.74 Å². The van der Waals surface area contributed by atoms with Crippen molar-refractivity contribution in [2.24, 2.45) is 0 Å². The molecule has 1 aliphatic heterocycles. The van der Waals surface area contributed by atoms with Gasteiger partial charge < -0.3 is 20.3 Å². The Labute approximate surface area is 187 Å². The maximum atomic E-state index is 12.9. The summed E-state index contributed by atoms with van der Waals surface area (Å²) in [6.45, 7) is 6.81. The summed E-state index contributed by atoms with van der Waals surface area (Å²) in [7, 11) is 0. The molecule has 2 amide bonds. The Hall–Kier alpha value is -3.04. The molecule has 0 spiro atoms. The lowest BCUT2D eigenvalue weighted by molar-refractivity contribution is -0.126. The van der Waals surface area contributed by atoms with Crippen molar-refractivity contribution in [3.05, 3.63) is 48.0 Å². The highest BCUT2D eigenvalue weighted by molar-refractivity contribution is 5.86. The van der Waals surface area contributed by atoms with E-state index in [-0.39, 0.29) is 19.6 Å². The Morgan fingerprint density at radius 3 is 2.56 bits per heavy atom. The third kappa shape index (κ3) is 5.60. The van der Waals surface area contributed by atoms with Crippen LogP contribution >= 0.6 is 0 Å². The molecule has 32 heavy (non-hydrogen) atoms. The molecule has 2 heterocycles. The molecule has 1 aromatic carbocycles. The largest absolute Gasteiger partial charge is 0.444 e. The third-order valence-electron chi connectivity index (χ3n) is 5.24. The van der Waals surface area contributed by atoms with Gasteiger partial charge in [0.2, 0.25) is 5.91 Å². The summed E-state index contributed by atoms with van der Waals surface area (Å²) in [5.74, 6) is -0.456. The van der Waals surface area contributed by atoms with E-state index in [0.717, 1.165) is 16.8 Å². The van der Waals surface area contributed by atoms with E-state index in [9.17, 15) is 19.8 Å². The quantitative estimate of drug-likeness (QED) is 0.646. The molecule has 0 radical (unpaired) electrons. The van der Waals surface area contributed by atoms with Gasteiger partial charge in [0.1, 0.15) is 18.0 Å². The van der Waals surface area contributed by atoms with Crippen molar-refractivity contribution >= 4 is 12.0 Å². The minimum Gasteiger partial charge on any atom is -0.444 e. The number of ether oxygens (including phenoxy) is 1. The molecule has 9 nitrogen and oxygen atoms in total. The first-order chi connectivity index (χ1) is 15.1. The van der Waals surface area contributed by atoms with Gasteiger partial charge >= 0.3 is 6.09 Å². The molecule has 1 aliphatic rings. The average Bonchev–Trinajstić information content (AvgIpc) is 3.13. The molecule has 1 fully saturated rings. The Bertz CT molecular complexity index is 958. The van der Waals surface area contributed by atoms with Gasteiger partial charge in [-0.25, -0.2) is 14.8 Å². The van der Waals surface area contributed by atoms with Crippen molar-refractivity contribution in [1.29, 1.82) is 0 Å². The number of nitrogens with one attached hydrogen (secondary N) is 1. The highest BCUT2D eigenvalue weighted by Crippen LogP contribution is 2.25. The SMILES string of the molecule is Cc1ncncc1-c1ccc([C@H](CO)NC(=O)[C@@H]2C[C@@H](O)CN2C(=O)OC(C)(C)C)cc1. The van der Waals surface area contributed by atoms with E-state index in [2.05, 4.69) is 15.3 Å². The number of carbonyl (C=O) groups is 2. The van der Waals surface area contributed by atoms with Crippen LogP contribution in [0.2, 0.25) is 0 Å². The maximum absolute atomic E-state index is 12.9. The van der Waals surface area contributed by atoms with Crippen molar-refractivity contribution in [3.8, 4) is 11.1 Å². The number of nitrogens with zero attached hydrogens (tertiary/aromatic N) is 3. The monoisotopic (exact) mass is 442 g/mol. The summed E-state index contributed by atoms with van der Waals surface area (Å²) in [6, 6.07) is 5.85. The molecular weight excluding hydrogens is 412 g/mol. The van der Waals surface area contributed by atoms with Crippen LogP contribution < -0.4 is 5.32 Å². The van der Waals surface area contributed by atoms with Crippen LogP contribution in [-0.2, 0) is 9.53 Å². The number of amides is 2. The molecule has 3 rings (SSSR count). The molecule has 172 valence electrons. The first kappa shape index (κ1) is 23.6. The Morgan fingerprint density at radius 2 is 1.97 bits per heavy atom. The van der Waals surface area contributed by atoms with Crippen molar-refractivity contribution in [1.82, 2.24) is 20.2 Å². The molecule has 0 saturated carbocycles. The Morgan fingerprint density at radius 1 is 1.28 bits per heavy atom. The molecule has 1 saturated heterocycles. The number of aliphatic hydroxyl groups excluding tert-OH is 2. The zero-order valence-corrected chi connectivity index (χ0v) is 18.8. The van der Waals surface area contributed by atoms with Gasteiger partial charge in [-0.15, -0.1) is 0 Å². The number of β-amino-alcohol motifs (C(OH)–C–C–N with tert-alkyl or cyclic N) is 1. The number of aromatic nitrogens is 2. The fourth-order valence-electron chi connectivity index (χ4n) is 3.66. The number of likely N-dealkylation sites (tertiary alicyclic amines) is 1. The van der Waals surface area contributed by atoms with Gasteiger partial charge in [-0.3, -0.25) is 9.69 Å². The van der Waals surface area contributed by atoms with E-state index < -0.39 is 35.8 Å². The lowest BCUT2D eigenvalue weighted by Gasteiger charge is -2.28. The lowest BCUT2D eigenvalue weighted by Crippen LogP contribution is -2.48. The van der Waals surface area contributed by atoms with Crippen LogP contribution in [0.4, 0.5) is 4.79 Å². The van der Waals surface area contributed by atoms with Crippen molar-refractivity contribution in [2.75, 3.05) is 13.2 Å².